The van der Waals surface area contributed by atoms with Crippen molar-refractivity contribution in [3.8, 4) is 0 Å². The minimum absolute atomic E-state index is 0.161. The van der Waals surface area contributed by atoms with Gasteiger partial charge in [-0.15, -0.1) is 0 Å². The molecule has 2 atom stereocenters. The van der Waals surface area contributed by atoms with Crippen LogP contribution >= 0.6 is 0 Å². The first kappa shape index (κ1) is 11.5. The molecule has 0 fully saturated rings. The molecule has 0 bridgehead atoms. The molecule has 0 spiro atoms. The van der Waals surface area contributed by atoms with E-state index in [-0.39, 0.29) is 6.61 Å². The van der Waals surface area contributed by atoms with Crippen LogP contribution in [0.4, 0.5) is 0 Å². The average Bonchev–Trinajstić information content (AvgIpc) is 2.25. The van der Waals surface area contributed by atoms with Gasteiger partial charge >= 0.3 is 5.97 Å². The number of hydrogen-bond donors (Lipinski definition) is 1. The van der Waals surface area contributed by atoms with Crippen LogP contribution < -0.4 is 5.73 Å². The minimum atomic E-state index is -0.531. The lowest BCUT2D eigenvalue weighted by molar-refractivity contribution is -0.149. The van der Waals surface area contributed by atoms with Gasteiger partial charge in [-0.2, -0.15) is 0 Å². The van der Waals surface area contributed by atoms with Crippen LogP contribution in [0.3, 0.4) is 0 Å². The smallest absolute Gasteiger partial charge is 0.313 e. The Hall–Kier alpha value is -1.58. The molecule has 0 aliphatic heterocycles. The average molecular weight is 209 g/mol. The maximum atomic E-state index is 11.5. The third kappa shape index (κ3) is 2.94. The van der Waals surface area contributed by atoms with E-state index in [1.165, 1.54) is 6.08 Å². The minimum Gasteiger partial charge on any atom is -0.461 e. The lowest BCUT2D eigenvalue weighted by Gasteiger charge is -2.22. The van der Waals surface area contributed by atoms with Crippen LogP contribution in [0.2, 0.25) is 0 Å². The van der Waals surface area contributed by atoms with Crippen molar-refractivity contribution in [2.24, 2.45) is 17.6 Å². The van der Waals surface area contributed by atoms with E-state index in [2.05, 4.69) is 6.58 Å². The fourth-order valence-corrected chi connectivity index (χ4v) is 1.63. The number of allylic oxidation sites excluding steroid dienone is 1. The largest absolute Gasteiger partial charge is 0.461 e. The number of esters is 1. The summed E-state index contributed by atoms with van der Waals surface area (Å²) in [6, 6.07) is 0. The first-order chi connectivity index (χ1) is 7.16. The molecular formula is C11H15NO3. The van der Waals surface area contributed by atoms with Gasteiger partial charge < -0.3 is 10.5 Å². The standard InChI is InChI=1S/C11H15NO3/c1-2-7-15-11(14)9-6-4-3-5-8(9)10(12)13/h2,4,6,8-9H,1,3,5,7H2,(H2,12,13). The summed E-state index contributed by atoms with van der Waals surface area (Å²) in [5.41, 5.74) is 5.22. The van der Waals surface area contributed by atoms with Crippen molar-refractivity contribution in [1.29, 1.82) is 0 Å². The van der Waals surface area contributed by atoms with E-state index in [1.807, 2.05) is 6.08 Å². The Morgan fingerprint density at radius 1 is 1.60 bits per heavy atom. The number of carbonyl (C=O) groups excluding carboxylic acids is 2. The molecule has 1 aliphatic carbocycles. The third-order valence-electron chi connectivity index (χ3n) is 2.40. The van der Waals surface area contributed by atoms with Gasteiger partial charge in [0.2, 0.25) is 5.91 Å². The number of primary amides is 1. The second-order valence-electron chi connectivity index (χ2n) is 3.46. The molecule has 0 aromatic rings. The molecule has 2 N–H and O–H groups in total. The van der Waals surface area contributed by atoms with Gasteiger partial charge in [-0.1, -0.05) is 24.8 Å². The van der Waals surface area contributed by atoms with Gasteiger partial charge in [0.05, 0.1) is 11.8 Å². The molecule has 0 radical (unpaired) electrons. The quantitative estimate of drug-likeness (QED) is 0.549. The summed E-state index contributed by atoms with van der Waals surface area (Å²) in [6.07, 6.45) is 6.45. The van der Waals surface area contributed by atoms with Gasteiger partial charge in [0.25, 0.3) is 0 Å². The van der Waals surface area contributed by atoms with Crippen molar-refractivity contribution in [3.05, 3.63) is 24.8 Å². The summed E-state index contributed by atoms with van der Waals surface area (Å²) in [5, 5.41) is 0. The monoisotopic (exact) mass is 209 g/mol. The van der Waals surface area contributed by atoms with Gasteiger partial charge in [-0.05, 0) is 12.8 Å². The Labute approximate surface area is 88.8 Å². The SMILES string of the molecule is C=CCOC(=O)C1C=CCCC1C(N)=O. The van der Waals surface area contributed by atoms with Crippen LogP contribution in [0.5, 0.6) is 0 Å². The van der Waals surface area contributed by atoms with Crippen LogP contribution in [0, 0.1) is 11.8 Å². The molecule has 0 saturated heterocycles. The van der Waals surface area contributed by atoms with E-state index < -0.39 is 23.7 Å². The Morgan fingerprint density at radius 2 is 2.33 bits per heavy atom. The highest BCUT2D eigenvalue weighted by Crippen LogP contribution is 2.25. The van der Waals surface area contributed by atoms with Crippen molar-refractivity contribution in [2.75, 3.05) is 6.61 Å². The van der Waals surface area contributed by atoms with Crippen molar-refractivity contribution in [3.63, 3.8) is 0 Å². The molecule has 0 aromatic carbocycles. The highest BCUT2D eigenvalue weighted by Gasteiger charge is 2.32. The Morgan fingerprint density at radius 3 is 2.93 bits per heavy atom. The second-order valence-corrected chi connectivity index (χ2v) is 3.46. The van der Waals surface area contributed by atoms with Crippen molar-refractivity contribution >= 4 is 11.9 Å². The van der Waals surface area contributed by atoms with Gasteiger partial charge in [-0.25, -0.2) is 0 Å². The summed E-state index contributed by atoms with van der Waals surface area (Å²) >= 11 is 0. The first-order valence-electron chi connectivity index (χ1n) is 4.90. The first-order valence-corrected chi connectivity index (χ1v) is 4.90. The zero-order chi connectivity index (χ0) is 11.3. The molecule has 0 heterocycles. The summed E-state index contributed by atoms with van der Waals surface area (Å²) in [4.78, 5) is 22.6. The molecule has 15 heavy (non-hydrogen) atoms. The maximum Gasteiger partial charge on any atom is 0.313 e. The summed E-state index contributed by atoms with van der Waals surface area (Å²) in [6.45, 7) is 3.61. The number of hydrogen-bond acceptors (Lipinski definition) is 3. The number of ether oxygens (including phenoxy) is 1. The zero-order valence-corrected chi connectivity index (χ0v) is 8.52. The molecule has 4 heteroatoms. The van der Waals surface area contributed by atoms with Crippen LogP contribution in [-0.2, 0) is 14.3 Å². The predicted octanol–water partition coefficient (Wildman–Crippen LogP) is 0.783. The zero-order valence-electron chi connectivity index (χ0n) is 8.52. The fourth-order valence-electron chi connectivity index (χ4n) is 1.63. The van der Waals surface area contributed by atoms with Gasteiger partial charge in [0.1, 0.15) is 6.61 Å². The van der Waals surface area contributed by atoms with E-state index in [4.69, 9.17) is 10.5 Å². The molecule has 0 saturated carbocycles. The number of carbonyl (C=O) groups is 2. The Balaban J connectivity index is 2.67. The van der Waals surface area contributed by atoms with E-state index in [0.717, 1.165) is 6.42 Å². The lowest BCUT2D eigenvalue weighted by Crippen LogP contribution is -2.35. The summed E-state index contributed by atoms with van der Waals surface area (Å²) in [5.74, 6) is -1.82. The summed E-state index contributed by atoms with van der Waals surface area (Å²) in [7, 11) is 0. The molecule has 1 aliphatic rings. The van der Waals surface area contributed by atoms with Gasteiger partial charge in [-0.3, -0.25) is 9.59 Å². The predicted molar refractivity (Wildman–Crippen MR) is 55.7 cm³/mol. The van der Waals surface area contributed by atoms with Crippen LogP contribution in [0.1, 0.15) is 12.8 Å². The van der Waals surface area contributed by atoms with Crippen molar-refractivity contribution in [1.82, 2.24) is 0 Å². The molecule has 82 valence electrons. The van der Waals surface area contributed by atoms with E-state index in [0.29, 0.717) is 6.42 Å². The second kappa shape index (κ2) is 5.34. The Bertz CT molecular complexity index is 296. The highest BCUT2D eigenvalue weighted by atomic mass is 16.5. The third-order valence-corrected chi connectivity index (χ3v) is 2.40. The van der Waals surface area contributed by atoms with Crippen molar-refractivity contribution < 1.29 is 14.3 Å². The maximum absolute atomic E-state index is 11.5. The Kier molecular flexibility index (Phi) is 4.09. The van der Waals surface area contributed by atoms with Crippen LogP contribution in [-0.4, -0.2) is 18.5 Å². The molecule has 2 unspecified atom stereocenters. The fraction of sp³-hybridized carbons (Fsp3) is 0.455. The topological polar surface area (TPSA) is 69.4 Å². The lowest BCUT2D eigenvalue weighted by atomic mass is 9.83. The van der Waals surface area contributed by atoms with Crippen LogP contribution in [0.25, 0.3) is 0 Å². The molecule has 1 amide bonds. The molecule has 1 rings (SSSR count). The highest BCUT2D eigenvalue weighted by molar-refractivity contribution is 5.85. The van der Waals surface area contributed by atoms with Crippen LogP contribution in [0.15, 0.2) is 24.8 Å². The van der Waals surface area contributed by atoms with Gasteiger partial charge in [0.15, 0.2) is 0 Å². The number of amides is 1. The number of nitrogens with two attached hydrogens (primary N) is 1. The van der Waals surface area contributed by atoms with E-state index in [9.17, 15) is 9.59 Å². The van der Waals surface area contributed by atoms with E-state index >= 15 is 0 Å². The van der Waals surface area contributed by atoms with Gasteiger partial charge in [0, 0.05) is 0 Å². The normalized spacial score (nSPS) is 24.5. The molecule has 4 nitrogen and oxygen atoms in total. The van der Waals surface area contributed by atoms with E-state index in [1.54, 1.807) is 6.08 Å². The van der Waals surface area contributed by atoms with Crippen molar-refractivity contribution in [2.45, 2.75) is 12.8 Å². The number of rotatable bonds is 4. The molecular weight excluding hydrogens is 194 g/mol. The molecule has 0 aromatic heterocycles. The summed E-state index contributed by atoms with van der Waals surface area (Å²) < 4.78 is 4.90.